The quantitative estimate of drug-likeness (QED) is 0.688. The zero-order valence-electron chi connectivity index (χ0n) is 17.7. The van der Waals surface area contributed by atoms with E-state index in [-0.39, 0.29) is 17.6 Å². The molecule has 1 aliphatic carbocycles. The van der Waals surface area contributed by atoms with Crippen LogP contribution < -0.4 is 4.90 Å². The molecule has 0 N–H and O–H groups in total. The van der Waals surface area contributed by atoms with E-state index in [9.17, 15) is 9.18 Å². The topological polar surface area (TPSA) is 49.3 Å². The molecule has 1 atom stereocenters. The minimum atomic E-state index is -0.266. The highest BCUT2D eigenvalue weighted by Crippen LogP contribution is 2.36. The van der Waals surface area contributed by atoms with Crippen LogP contribution in [0.1, 0.15) is 43.7 Å². The maximum absolute atomic E-state index is 14.5. The predicted molar refractivity (Wildman–Crippen MR) is 117 cm³/mol. The summed E-state index contributed by atoms with van der Waals surface area (Å²) in [5.41, 5.74) is 2.16. The van der Waals surface area contributed by atoms with E-state index in [0.717, 1.165) is 50.0 Å². The molecule has 158 valence electrons. The third-order valence-corrected chi connectivity index (χ3v) is 6.15. The fraction of sp³-hybridized carbons (Fsp3) is 0.458. The lowest BCUT2D eigenvalue weighted by atomic mass is 9.88. The van der Waals surface area contributed by atoms with Crippen LogP contribution in [0.2, 0.25) is 0 Å². The fourth-order valence-corrected chi connectivity index (χ4v) is 4.42. The zero-order chi connectivity index (χ0) is 21.1. The van der Waals surface area contributed by atoms with Gasteiger partial charge in [-0.15, -0.1) is 0 Å². The van der Waals surface area contributed by atoms with E-state index in [1.165, 1.54) is 6.07 Å². The number of nitrogens with zero attached hydrogens (tertiary/aromatic N) is 4. The molecule has 4 rings (SSSR count). The number of hydrogen-bond donors (Lipinski definition) is 0. The molecule has 2 aromatic rings. The number of amides is 1. The van der Waals surface area contributed by atoms with E-state index < -0.39 is 0 Å². The van der Waals surface area contributed by atoms with Gasteiger partial charge in [-0.05, 0) is 37.7 Å². The minimum Gasteiger partial charge on any atom is -0.347 e. The van der Waals surface area contributed by atoms with Crippen LogP contribution in [0.3, 0.4) is 0 Å². The van der Waals surface area contributed by atoms with Gasteiger partial charge in [0.05, 0.1) is 5.69 Å². The van der Waals surface area contributed by atoms with Crippen molar-refractivity contribution in [1.82, 2.24) is 14.9 Å². The molecule has 0 spiro atoms. The number of allylic oxidation sites excluding steroid dienone is 2. The van der Waals surface area contributed by atoms with Gasteiger partial charge in [0.25, 0.3) is 0 Å². The van der Waals surface area contributed by atoms with Gasteiger partial charge in [0.15, 0.2) is 0 Å². The first-order valence-electron chi connectivity index (χ1n) is 10.8. The molecule has 0 radical (unpaired) electrons. The normalized spacial score (nSPS) is 19.3. The van der Waals surface area contributed by atoms with Crippen LogP contribution in [0.4, 0.5) is 10.3 Å². The smallest absolute Gasteiger partial charge is 0.225 e. The number of anilines is 1. The maximum atomic E-state index is 14.5. The first kappa shape index (κ1) is 20.5. The molecule has 0 saturated carbocycles. The molecule has 5 nitrogen and oxygen atoms in total. The number of halogens is 1. The predicted octanol–water partition coefficient (Wildman–Crippen LogP) is 4.41. The molecule has 1 fully saturated rings. The number of piperidine rings is 1. The lowest BCUT2D eigenvalue weighted by Gasteiger charge is -2.33. The third kappa shape index (κ3) is 4.37. The number of benzene rings is 1. The van der Waals surface area contributed by atoms with Crippen molar-refractivity contribution in [3.05, 3.63) is 54.1 Å². The molecular formula is C24H29FN4O. The van der Waals surface area contributed by atoms with Crippen LogP contribution in [0.15, 0.2) is 42.6 Å². The molecule has 0 bridgehead atoms. The third-order valence-electron chi connectivity index (χ3n) is 6.15. The summed E-state index contributed by atoms with van der Waals surface area (Å²) in [5.74, 6) is 1.17. The molecule has 1 saturated heterocycles. The minimum absolute atomic E-state index is 0.178. The monoisotopic (exact) mass is 408 g/mol. The Morgan fingerprint density at radius 3 is 2.60 bits per heavy atom. The van der Waals surface area contributed by atoms with Crippen molar-refractivity contribution in [3.63, 3.8) is 0 Å². The van der Waals surface area contributed by atoms with Gasteiger partial charge in [-0.2, -0.15) is 0 Å². The van der Waals surface area contributed by atoms with E-state index in [2.05, 4.69) is 17.1 Å². The van der Waals surface area contributed by atoms with Gasteiger partial charge in [-0.1, -0.05) is 30.4 Å². The van der Waals surface area contributed by atoms with Crippen molar-refractivity contribution < 1.29 is 9.18 Å². The van der Waals surface area contributed by atoms with Crippen molar-refractivity contribution in [1.29, 1.82) is 0 Å². The summed E-state index contributed by atoms with van der Waals surface area (Å²) < 4.78 is 14.5. The van der Waals surface area contributed by atoms with Crippen molar-refractivity contribution in [2.75, 3.05) is 32.1 Å². The van der Waals surface area contributed by atoms with Crippen LogP contribution in [0.5, 0.6) is 0 Å². The summed E-state index contributed by atoms with van der Waals surface area (Å²) in [4.78, 5) is 25.8. The van der Waals surface area contributed by atoms with Crippen LogP contribution >= 0.6 is 0 Å². The first-order valence-corrected chi connectivity index (χ1v) is 10.8. The summed E-state index contributed by atoms with van der Waals surface area (Å²) in [6.07, 6.45) is 10.5. The molecule has 6 heteroatoms. The van der Waals surface area contributed by atoms with Crippen LogP contribution in [-0.4, -0.2) is 48.0 Å². The Hall–Kier alpha value is -2.76. The molecule has 30 heavy (non-hydrogen) atoms. The van der Waals surface area contributed by atoms with Gasteiger partial charge in [0, 0.05) is 56.8 Å². The Morgan fingerprint density at radius 1 is 1.17 bits per heavy atom. The summed E-state index contributed by atoms with van der Waals surface area (Å²) in [5, 5.41) is 0. The molecule has 1 aromatic carbocycles. The van der Waals surface area contributed by atoms with Crippen molar-refractivity contribution in [3.8, 4) is 11.1 Å². The van der Waals surface area contributed by atoms with Gasteiger partial charge < -0.3 is 9.80 Å². The number of likely N-dealkylation sites (tertiary alicyclic amines) is 1. The fourth-order valence-electron chi connectivity index (χ4n) is 4.42. The molecule has 0 unspecified atom stereocenters. The SMILES string of the molecule is CN(C)c1ncc(-c2ccccc2F)c(C2CCN(C(=O)C[C@@H]3C=CCC3)CC2)n1. The number of hydrogen-bond acceptors (Lipinski definition) is 4. The van der Waals surface area contributed by atoms with Crippen molar-refractivity contribution in [2.24, 2.45) is 5.92 Å². The highest BCUT2D eigenvalue weighted by molar-refractivity contribution is 5.77. The lowest BCUT2D eigenvalue weighted by Crippen LogP contribution is -2.38. The van der Waals surface area contributed by atoms with Gasteiger partial charge in [0.1, 0.15) is 5.82 Å². The van der Waals surface area contributed by atoms with E-state index in [4.69, 9.17) is 4.98 Å². The number of rotatable bonds is 5. The van der Waals surface area contributed by atoms with Gasteiger partial charge >= 0.3 is 0 Å². The van der Waals surface area contributed by atoms with Crippen LogP contribution in [0.25, 0.3) is 11.1 Å². The molecule has 1 aliphatic heterocycles. The van der Waals surface area contributed by atoms with Crippen molar-refractivity contribution >= 4 is 11.9 Å². The Balaban J connectivity index is 1.53. The number of carbonyl (C=O) groups is 1. The molecule has 2 aliphatic rings. The van der Waals surface area contributed by atoms with Crippen LogP contribution in [-0.2, 0) is 4.79 Å². The van der Waals surface area contributed by atoms with Crippen LogP contribution in [0, 0.1) is 11.7 Å². The zero-order valence-corrected chi connectivity index (χ0v) is 17.7. The molecule has 1 amide bonds. The second kappa shape index (κ2) is 8.94. The van der Waals surface area contributed by atoms with Crippen molar-refractivity contribution in [2.45, 2.75) is 38.0 Å². The Bertz CT molecular complexity index is 935. The largest absolute Gasteiger partial charge is 0.347 e. The van der Waals surface area contributed by atoms with E-state index in [0.29, 0.717) is 23.9 Å². The van der Waals surface area contributed by atoms with E-state index in [1.54, 1.807) is 18.3 Å². The maximum Gasteiger partial charge on any atom is 0.225 e. The summed E-state index contributed by atoms with van der Waals surface area (Å²) in [6, 6.07) is 6.77. The summed E-state index contributed by atoms with van der Waals surface area (Å²) in [7, 11) is 3.81. The second-order valence-corrected chi connectivity index (χ2v) is 8.47. The first-order chi connectivity index (χ1) is 14.5. The average molecular weight is 409 g/mol. The Kier molecular flexibility index (Phi) is 6.11. The molecule has 2 heterocycles. The average Bonchev–Trinajstić information content (AvgIpc) is 3.27. The highest BCUT2D eigenvalue weighted by Gasteiger charge is 2.28. The lowest BCUT2D eigenvalue weighted by molar-refractivity contribution is -0.132. The summed E-state index contributed by atoms with van der Waals surface area (Å²) >= 11 is 0. The van der Waals surface area contributed by atoms with E-state index in [1.807, 2.05) is 30.0 Å². The standard InChI is InChI=1S/C24H29FN4O/c1-28(2)24-26-16-20(19-9-5-6-10-21(19)25)23(27-24)18-11-13-29(14-12-18)22(30)15-17-7-3-4-8-17/h3,5-7,9-10,16-18H,4,8,11-15H2,1-2H3/t17-/m1/s1. The van der Waals surface area contributed by atoms with Gasteiger partial charge in [-0.25, -0.2) is 14.4 Å². The van der Waals surface area contributed by atoms with E-state index >= 15 is 0 Å². The second-order valence-electron chi connectivity index (χ2n) is 8.47. The highest BCUT2D eigenvalue weighted by atomic mass is 19.1. The molecular weight excluding hydrogens is 379 g/mol. The Labute approximate surface area is 177 Å². The van der Waals surface area contributed by atoms with Gasteiger partial charge in [-0.3, -0.25) is 4.79 Å². The Morgan fingerprint density at radius 2 is 1.93 bits per heavy atom. The number of carbonyl (C=O) groups excluding carboxylic acids is 1. The summed E-state index contributed by atoms with van der Waals surface area (Å²) in [6.45, 7) is 1.44. The number of aromatic nitrogens is 2. The van der Waals surface area contributed by atoms with Gasteiger partial charge in [0.2, 0.25) is 11.9 Å². The molecule has 1 aromatic heterocycles.